The van der Waals surface area contributed by atoms with Crippen LogP contribution in [0, 0.1) is 0 Å². The zero-order valence-corrected chi connectivity index (χ0v) is 14.9. The van der Waals surface area contributed by atoms with Gasteiger partial charge in [-0.25, -0.2) is 0 Å². The zero-order chi connectivity index (χ0) is 16.8. The SMILES string of the molecule is CNc1ccc(OCCCN2CCC(c3cccc(Cl)c3)C2)cc1. The molecule has 3 rings (SSSR count). The molecule has 0 saturated carbocycles. The molecular weight excluding hydrogens is 320 g/mol. The lowest BCUT2D eigenvalue weighted by Gasteiger charge is -2.16. The molecule has 1 heterocycles. The third-order valence-electron chi connectivity index (χ3n) is 4.62. The van der Waals surface area contributed by atoms with Crippen molar-refractivity contribution in [3.8, 4) is 5.75 Å². The van der Waals surface area contributed by atoms with Crippen molar-refractivity contribution in [3.05, 3.63) is 59.1 Å². The first-order chi connectivity index (χ1) is 11.7. The third-order valence-corrected chi connectivity index (χ3v) is 4.86. The van der Waals surface area contributed by atoms with Crippen LogP contribution in [0.3, 0.4) is 0 Å². The van der Waals surface area contributed by atoms with E-state index in [1.807, 2.05) is 43.4 Å². The number of benzene rings is 2. The number of hydrogen-bond donors (Lipinski definition) is 1. The minimum Gasteiger partial charge on any atom is -0.494 e. The van der Waals surface area contributed by atoms with Crippen LogP contribution in [0.1, 0.15) is 24.3 Å². The number of ether oxygens (including phenoxy) is 1. The second-order valence-corrected chi connectivity index (χ2v) is 6.75. The fourth-order valence-electron chi connectivity index (χ4n) is 3.26. The highest BCUT2D eigenvalue weighted by Crippen LogP contribution is 2.28. The molecule has 1 aliphatic rings. The van der Waals surface area contributed by atoms with Crippen molar-refractivity contribution in [1.29, 1.82) is 0 Å². The molecule has 1 atom stereocenters. The van der Waals surface area contributed by atoms with Crippen LogP contribution < -0.4 is 10.1 Å². The van der Waals surface area contributed by atoms with Crippen molar-refractivity contribution in [2.75, 3.05) is 38.6 Å². The summed E-state index contributed by atoms with van der Waals surface area (Å²) < 4.78 is 5.82. The number of hydrogen-bond acceptors (Lipinski definition) is 3. The molecule has 128 valence electrons. The Bertz CT molecular complexity index is 644. The van der Waals surface area contributed by atoms with Gasteiger partial charge in [0.1, 0.15) is 5.75 Å². The first-order valence-corrected chi connectivity index (χ1v) is 9.01. The smallest absolute Gasteiger partial charge is 0.119 e. The molecule has 0 spiro atoms. The normalized spacial score (nSPS) is 17.8. The Balaban J connectivity index is 1.38. The van der Waals surface area contributed by atoms with Crippen molar-refractivity contribution >= 4 is 17.3 Å². The second kappa shape index (κ2) is 8.41. The van der Waals surface area contributed by atoms with E-state index in [0.29, 0.717) is 5.92 Å². The van der Waals surface area contributed by atoms with Crippen LogP contribution in [0.15, 0.2) is 48.5 Å². The van der Waals surface area contributed by atoms with Gasteiger partial charge in [0.05, 0.1) is 6.61 Å². The molecule has 1 fully saturated rings. The molecule has 4 heteroatoms. The fourth-order valence-corrected chi connectivity index (χ4v) is 3.46. The minimum atomic E-state index is 0.610. The number of anilines is 1. The van der Waals surface area contributed by atoms with Gasteiger partial charge in [0.2, 0.25) is 0 Å². The van der Waals surface area contributed by atoms with Crippen LogP contribution in [0.4, 0.5) is 5.69 Å². The molecule has 3 nitrogen and oxygen atoms in total. The van der Waals surface area contributed by atoms with Crippen molar-refractivity contribution in [3.63, 3.8) is 0 Å². The van der Waals surface area contributed by atoms with E-state index in [1.165, 1.54) is 12.0 Å². The monoisotopic (exact) mass is 344 g/mol. The average Bonchev–Trinajstić information content (AvgIpc) is 3.08. The van der Waals surface area contributed by atoms with Gasteiger partial charge < -0.3 is 15.0 Å². The number of nitrogens with zero attached hydrogens (tertiary/aromatic N) is 1. The van der Waals surface area contributed by atoms with E-state index in [2.05, 4.69) is 22.3 Å². The van der Waals surface area contributed by atoms with Crippen LogP contribution in [-0.4, -0.2) is 38.2 Å². The predicted molar refractivity (Wildman–Crippen MR) is 101 cm³/mol. The standard InChI is InChI=1S/C20H25ClN2O/c1-22-19-6-8-20(9-7-19)24-13-3-11-23-12-10-17(15-23)16-4-2-5-18(21)14-16/h2,4-9,14,17,22H,3,10-13,15H2,1H3. The van der Waals surface area contributed by atoms with E-state index in [-0.39, 0.29) is 0 Å². The summed E-state index contributed by atoms with van der Waals surface area (Å²) in [6, 6.07) is 16.4. The van der Waals surface area contributed by atoms with E-state index < -0.39 is 0 Å². The number of halogens is 1. The first-order valence-electron chi connectivity index (χ1n) is 8.63. The topological polar surface area (TPSA) is 24.5 Å². The molecule has 0 aliphatic carbocycles. The van der Waals surface area contributed by atoms with Crippen LogP contribution in [0.25, 0.3) is 0 Å². The van der Waals surface area contributed by atoms with Crippen LogP contribution in [-0.2, 0) is 0 Å². The van der Waals surface area contributed by atoms with E-state index in [0.717, 1.165) is 49.1 Å². The van der Waals surface area contributed by atoms with E-state index in [4.69, 9.17) is 16.3 Å². The van der Waals surface area contributed by atoms with Crippen molar-refractivity contribution in [2.45, 2.75) is 18.8 Å². The molecule has 2 aromatic carbocycles. The van der Waals surface area contributed by atoms with Crippen molar-refractivity contribution in [1.82, 2.24) is 4.90 Å². The Morgan fingerprint density at radius 3 is 2.79 bits per heavy atom. The second-order valence-electron chi connectivity index (χ2n) is 6.32. The predicted octanol–water partition coefficient (Wildman–Crippen LogP) is 4.64. The van der Waals surface area contributed by atoms with Crippen LogP contribution >= 0.6 is 11.6 Å². The third kappa shape index (κ3) is 4.65. The molecule has 0 amide bonds. The highest BCUT2D eigenvalue weighted by Gasteiger charge is 2.23. The van der Waals surface area contributed by atoms with E-state index in [1.54, 1.807) is 0 Å². The zero-order valence-electron chi connectivity index (χ0n) is 14.2. The Hall–Kier alpha value is -1.71. The Morgan fingerprint density at radius 2 is 2.04 bits per heavy atom. The maximum Gasteiger partial charge on any atom is 0.119 e. The van der Waals surface area contributed by atoms with Gasteiger partial charge in [-0.05, 0) is 67.3 Å². The van der Waals surface area contributed by atoms with Gasteiger partial charge in [-0.1, -0.05) is 23.7 Å². The summed E-state index contributed by atoms with van der Waals surface area (Å²) in [4.78, 5) is 2.53. The van der Waals surface area contributed by atoms with Gasteiger partial charge in [-0.3, -0.25) is 0 Å². The highest BCUT2D eigenvalue weighted by molar-refractivity contribution is 6.30. The lowest BCUT2D eigenvalue weighted by molar-refractivity contribution is 0.262. The van der Waals surface area contributed by atoms with E-state index in [9.17, 15) is 0 Å². The Labute approximate surface area is 149 Å². The largest absolute Gasteiger partial charge is 0.494 e. The summed E-state index contributed by atoms with van der Waals surface area (Å²) in [6.45, 7) is 4.13. The van der Waals surface area contributed by atoms with Gasteiger partial charge in [-0.2, -0.15) is 0 Å². The maximum absolute atomic E-state index is 6.11. The highest BCUT2D eigenvalue weighted by atomic mass is 35.5. The van der Waals surface area contributed by atoms with Gasteiger partial charge in [0, 0.05) is 30.8 Å². The molecule has 1 unspecified atom stereocenters. The Kier molecular flexibility index (Phi) is 6.00. The molecule has 0 aromatic heterocycles. The molecule has 0 radical (unpaired) electrons. The first kappa shape index (κ1) is 17.1. The Morgan fingerprint density at radius 1 is 1.21 bits per heavy atom. The summed E-state index contributed by atoms with van der Waals surface area (Å²) >= 11 is 6.11. The maximum atomic E-state index is 6.11. The van der Waals surface area contributed by atoms with Gasteiger partial charge in [0.15, 0.2) is 0 Å². The van der Waals surface area contributed by atoms with Crippen LogP contribution in [0.5, 0.6) is 5.75 Å². The van der Waals surface area contributed by atoms with Gasteiger partial charge in [0.25, 0.3) is 0 Å². The molecule has 1 aliphatic heterocycles. The summed E-state index contributed by atoms with van der Waals surface area (Å²) in [5.41, 5.74) is 2.47. The molecule has 1 N–H and O–H groups in total. The molecule has 24 heavy (non-hydrogen) atoms. The summed E-state index contributed by atoms with van der Waals surface area (Å²) in [5.74, 6) is 1.55. The molecule has 0 bridgehead atoms. The van der Waals surface area contributed by atoms with Crippen molar-refractivity contribution in [2.24, 2.45) is 0 Å². The average molecular weight is 345 g/mol. The minimum absolute atomic E-state index is 0.610. The summed E-state index contributed by atoms with van der Waals surface area (Å²) in [7, 11) is 1.92. The lowest BCUT2D eigenvalue weighted by Crippen LogP contribution is -2.23. The number of likely N-dealkylation sites (tertiary alicyclic amines) is 1. The molecular formula is C20H25ClN2O. The molecule has 1 saturated heterocycles. The number of rotatable bonds is 7. The summed E-state index contributed by atoms with van der Waals surface area (Å²) in [5, 5.41) is 3.95. The summed E-state index contributed by atoms with van der Waals surface area (Å²) in [6.07, 6.45) is 2.27. The quantitative estimate of drug-likeness (QED) is 0.740. The molecule has 2 aromatic rings. The fraction of sp³-hybridized carbons (Fsp3) is 0.400. The lowest BCUT2D eigenvalue weighted by atomic mass is 9.99. The number of nitrogens with one attached hydrogen (secondary N) is 1. The van der Waals surface area contributed by atoms with Gasteiger partial charge >= 0.3 is 0 Å². The van der Waals surface area contributed by atoms with E-state index >= 15 is 0 Å². The van der Waals surface area contributed by atoms with Gasteiger partial charge in [-0.15, -0.1) is 0 Å². The van der Waals surface area contributed by atoms with Crippen LogP contribution in [0.2, 0.25) is 5.02 Å². The van der Waals surface area contributed by atoms with Crippen molar-refractivity contribution < 1.29 is 4.74 Å².